The Labute approximate surface area is 116 Å². The second-order valence-electron chi connectivity index (χ2n) is 5.65. The third-order valence-electron chi connectivity index (χ3n) is 3.67. The van der Waals surface area contributed by atoms with Gasteiger partial charge in [0.2, 0.25) is 5.91 Å². The number of nitrogens with zero attached hydrogens (tertiary/aromatic N) is 1. The van der Waals surface area contributed by atoms with Gasteiger partial charge in [-0.1, -0.05) is 38.1 Å². The molecule has 0 spiro atoms. The van der Waals surface area contributed by atoms with Crippen molar-refractivity contribution in [3.05, 3.63) is 35.4 Å². The van der Waals surface area contributed by atoms with Crippen LogP contribution >= 0.6 is 0 Å². The SMILES string of the molecule is CCN(CC(C)C)C(=O)C1CNCc2ccccc21. The molecule has 1 amide bonds. The topological polar surface area (TPSA) is 32.3 Å². The summed E-state index contributed by atoms with van der Waals surface area (Å²) in [5.74, 6) is 0.746. The first kappa shape index (κ1) is 14.1. The molecule has 0 fully saturated rings. The standard InChI is InChI=1S/C16H24N2O/c1-4-18(11-12(2)3)16(19)15-10-17-9-13-7-5-6-8-14(13)15/h5-8,12,15,17H,4,9-11H2,1-3H3. The summed E-state index contributed by atoms with van der Waals surface area (Å²) in [6.07, 6.45) is 0. The first-order chi connectivity index (χ1) is 9.13. The number of hydrogen-bond donors (Lipinski definition) is 1. The summed E-state index contributed by atoms with van der Waals surface area (Å²) >= 11 is 0. The molecule has 3 heteroatoms. The van der Waals surface area contributed by atoms with E-state index in [-0.39, 0.29) is 11.8 Å². The molecule has 1 heterocycles. The summed E-state index contributed by atoms with van der Waals surface area (Å²) in [5.41, 5.74) is 2.46. The largest absolute Gasteiger partial charge is 0.342 e. The lowest BCUT2D eigenvalue weighted by molar-refractivity contribution is -0.133. The monoisotopic (exact) mass is 260 g/mol. The number of nitrogens with one attached hydrogen (secondary N) is 1. The summed E-state index contributed by atoms with van der Waals surface area (Å²) in [6, 6.07) is 8.28. The zero-order valence-electron chi connectivity index (χ0n) is 12.1. The Kier molecular flexibility index (Phi) is 4.59. The first-order valence-corrected chi connectivity index (χ1v) is 7.20. The molecule has 0 aliphatic carbocycles. The van der Waals surface area contributed by atoms with E-state index in [1.165, 1.54) is 11.1 Å². The number of carbonyl (C=O) groups is 1. The van der Waals surface area contributed by atoms with Crippen molar-refractivity contribution >= 4 is 5.91 Å². The van der Waals surface area contributed by atoms with E-state index >= 15 is 0 Å². The van der Waals surface area contributed by atoms with E-state index in [4.69, 9.17) is 0 Å². The number of benzene rings is 1. The smallest absolute Gasteiger partial charge is 0.231 e. The zero-order chi connectivity index (χ0) is 13.8. The predicted molar refractivity (Wildman–Crippen MR) is 78.0 cm³/mol. The van der Waals surface area contributed by atoms with Crippen molar-refractivity contribution in [2.45, 2.75) is 33.2 Å². The van der Waals surface area contributed by atoms with Gasteiger partial charge in [-0.3, -0.25) is 4.79 Å². The van der Waals surface area contributed by atoms with Crippen LogP contribution in [0.15, 0.2) is 24.3 Å². The van der Waals surface area contributed by atoms with Gasteiger partial charge in [-0.05, 0) is 24.0 Å². The van der Waals surface area contributed by atoms with Crippen molar-refractivity contribution in [3.63, 3.8) is 0 Å². The summed E-state index contributed by atoms with van der Waals surface area (Å²) in [5, 5.41) is 3.36. The molecule has 1 atom stereocenters. The van der Waals surface area contributed by atoms with Gasteiger partial charge in [-0.15, -0.1) is 0 Å². The molecule has 1 unspecified atom stereocenters. The lowest BCUT2D eigenvalue weighted by Crippen LogP contribution is -2.42. The number of fused-ring (bicyclic) bond motifs is 1. The highest BCUT2D eigenvalue weighted by Gasteiger charge is 2.29. The molecular formula is C16H24N2O. The Morgan fingerprint density at radius 1 is 1.42 bits per heavy atom. The van der Waals surface area contributed by atoms with Gasteiger partial charge in [0.15, 0.2) is 0 Å². The maximum absolute atomic E-state index is 12.7. The molecule has 0 saturated heterocycles. The molecule has 0 saturated carbocycles. The van der Waals surface area contributed by atoms with E-state index in [1.54, 1.807) is 0 Å². The maximum atomic E-state index is 12.7. The minimum absolute atomic E-state index is 0.0244. The fourth-order valence-electron chi connectivity index (χ4n) is 2.75. The number of carbonyl (C=O) groups excluding carboxylic acids is 1. The minimum Gasteiger partial charge on any atom is -0.342 e. The molecule has 2 rings (SSSR count). The fraction of sp³-hybridized carbons (Fsp3) is 0.562. The fourth-order valence-corrected chi connectivity index (χ4v) is 2.75. The van der Waals surface area contributed by atoms with Crippen molar-refractivity contribution in [3.8, 4) is 0 Å². The first-order valence-electron chi connectivity index (χ1n) is 7.20. The molecule has 1 aliphatic rings. The van der Waals surface area contributed by atoms with Crippen molar-refractivity contribution in [2.75, 3.05) is 19.6 Å². The van der Waals surface area contributed by atoms with Gasteiger partial charge >= 0.3 is 0 Å². The normalized spacial score (nSPS) is 18.2. The third kappa shape index (κ3) is 3.16. The van der Waals surface area contributed by atoms with Gasteiger partial charge in [-0.25, -0.2) is 0 Å². The van der Waals surface area contributed by atoms with Gasteiger partial charge < -0.3 is 10.2 Å². The van der Waals surface area contributed by atoms with Gasteiger partial charge in [0.1, 0.15) is 0 Å². The van der Waals surface area contributed by atoms with Gasteiger partial charge in [0.05, 0.1) is 5.92 Å². The van der Waals surface area contributed by atoms with Crippen LogP contribution in [0.4, 0.5) is 0 Å². The van der Waals surface area contributed by atoms with Crippen molar-refractivity contribution in [2.24, 2.45) is 5.92 Å². The zero-order valence-corrected chi connectivity index (χ0v) is 12.1. The van der Waals surface area contributed by atoms with Crippen LogP contribution in [0.5, 0.6) is 0 Å². The van der Waals surface area contributed by atoms with Crippen LogP contribution in [0.1, 0.15) is 37.8 Å². The van der Waals surface area contributed by atoms with E-state index in [0.29, 0.717) is 5.92 Å². The van der Waals surface area contributed by atoms with E-state index in [0.717, 1.165) is 26.2 Å². The predicted octanol–water partition coefficient (Wildman–Crippen LogP) is 2.38. The molecule has 0 aromatic heterocycles. The quantitative estimate of drug-likeness (QED) is 0.901. The highest BCUT2D eigenvalue weighted by atomic mass is 16.2. The lowest BCUT2D eigenvalue weighted by atomic mass is 9.89. The Hall–Kier alpha value is -1.35. The Balaban J connectivity index is 2.20. The van der Waals surface area contributed by atoms with Crippen LogP contribution in [0.3, 0.4) is 0 Å². The summed E-state index contributed by atoms with van der Waals surface area (Å²) < 4.78 is 0. The number of rotatable bonds is 4. The average Bonchev–Trinajstić information content (AvgIpc) is 2.43. The second kappa shape index (κ2) is 6.20. The molecule has 19 heavy (non-hydrogen) atoms. The van der Waals surface area contributed by atoms with Crippen molar-refractivity contribution < 1.29 is 4.79 Å². The molecule has 1 aromatic rings. The Morgan fingerprint density at radius 3 is 2.84 bits per heavy atom. The van der Waals surface area contributed by atoms with Gasteiger partial charge in [-0.2, -0.15) is 0 Å². The van der Waals surface area contributed by atoms with Crippen LogP contribution in [0, 0.1) is 5.92 Å². The summed E-state index contributed by atoms with van der Waals surface area (Å²) in [4.78, 5) is 14.7. The van der Waals surface area contributed by atoms with E-state index in [1.807, 2.05) is 17.0 Å². The Morgan fingerprint density at radius 2 is 2.16 bits per heavy atom. The molecule has 0 bridgehead atoms. The molecule has 0 radical (unpaired) electrons. The summed E-state index contributed by atoms with van der Waals surface area (Å²) in [7, 11) is 0. The van der Waals surface area contributed by atoms with E-state index in [9.17, 15) is 4.79 Å². The number of amides is 1. The number of hydrogen-bond acceptors (Lipinski definition) is 2. The second-order valence-corrected chi connectivity index (χ2v) is 5.65. The Bertz CT molecular complexity index is 442. The van der Waals surface area contributed by atoms with Crippen LogP contribution in [0.2, 0.25) is 0 Å². The lowest BCUT2D eigenvalue weighted by Gasteiger charge is -2.31. The summed E-state index contributed by atoms with van der Waals surface area (Å²) in [6.45, 7) is 9.62. The van der Waals surface area contributed by atoms with Crippen LogP contribution < -0.4 is 5.32 Å². The maximum Gasteiger partial charge on any atom is 0.231 e. The molecular weight excluding hydrogens is 236 g/mol. The average molecular weight is 260 g/mol. The van der Waals surface area contributed by atoms with E-state index in [2.05, 4.69) is 38.2 Å². The van der Waals surface area contributed by atoms with E-state index < -0.39 is 0 Å². The van der Waals surface area contributed by atoms with Crippen molar-refractivity contribution in [1.82, 2.24) is 10.2 Å². The highest BCUT2D eigenvalue weighted by Crippen LogP contribution is 2.25. The van der Waals surface area contributed by atoms with Crippen molar-refractivity contribution in [1.29, 1.82) is 0 Å². The molecule has 3 nitrogen and oxygen atoms in total. The molecule has 1 aromatic carbocycles. The third-order valence-corrected chi connectivity index (χ3v) is 3.67. The van der Waals surface area contributed by atoms with Crippen LogP contribution in [-0.4, -0.2) is 30.4 Å². The van der Waals surface area contributed by atoms with Crippen LogP contribution in [-0.2, 0) is 11.3 Å². The highest BCUT2D eigenvalue weighted by molar-refractivity contribution is 5.84. The number of likely N-dealkylation sites (N-methyl/N-ethyl adjacent to an activating group) is 1. The minimum atomic E-state index is -0.0244. The van der Waals surface area contributed by atoms with Gasteiger partial charge in [0.25, 0.3) is 0 Å². The molecule has 104 valence electrons. The molecule has 1 aliphatic heterocycles. The van der Waals surface area contributed by atoms with Gasteiger partial charge in [0, 0.05) is 26.2 Å². The molecule has 1 N–H and O–H groups in total. The van der Waals surface area contributed by atoms with Crippen LogP contribution in [0.25, 0.3) is 0 Å².